The van der Waals surface area contributed by atoms with Crippen molar-refractivity contribution in [1.82, 2.24) is 14.6 Å². The van der Waals surface area contributed by atoms with Gasteiger partial charge in [0.15, 0.2) is 0 Å². The average Bonchev–Trinajstić information content (AvgIpc) is 2.96. The molecule has 1 aromatic carbocycles. The van der Waals surface area contributed by atoms with Gasteiger partial charge >= 0.3 is 0 Å². The molecule has 6 nitrogen and oxygen atoms in total. The Morgan fingerprint density at radius 3 is 2.65 bits per heavy atom. The summed E-state index contributed by atoms with van der Waals surface area (Å²) in [4.78, 5) is 15.8. The van der Waals surface area contributed by atoms with Gasteiger partial charge in [-0.05, 0) is 36.0 Å². The number of aromatic nitrogens is 1. The zero-order chi connectivity index (χ0) is 19.1. The number of hydrogen-bond acceptors (Lipinski definition) is 3. The van der Waals surface area contributed by atoms with E-state index in [9.17, 15) is 13.2 Å². The van der Waals surface area contributed by atoms with Crippen LogP contribution in [0.1, 0.15) is 49.7 Å². The number of rotatable bonds is 3. The molecule has 0 radical (unpaired) electrons. The lowest BCUT2D eigenvalue weighted by Crippen LogP contribution is -2.49. The van der Waals surface area contributed by atoms with Crippen LogP contribution in [0.15, 0.2) is 24.3 Å². The minimum Gasteiger partial charge on any atom is -0.351 e. The maximum Gasteiger partial charge on any atom is 0.267 e. The number of piperidine rings is 1. The Balaban J connectivity index is 1.75. The molecule has 142 valence electrons. The molecule has 1 aliphatic rings. The Morgan fingerprint density at radius 2 is 2.00 bits per heavy atom. The van der Waals surface area contributed by atoms with E-state index in [1.54, 1.807) is 0 Å². The van der Waals surface area contributed by atoms with Gasteiger partial charge in [-0.3, -0.25) is 4.79 Å². The first-order valence-electron chi connectivity index (χ1n) is 8.93. The van der Waals surface area contributed by atoms with Crippen LogP contribution in [0.25, 0.3) is 10.9 Å². The van der Waals surface area contributed by atoms with E-state index in [-0.39, 0.29) is 17.4 Å². The molecule has 1 fully saturated rings. The Morgan fingerprint density at radius 1 is 1.27 bits per heavy atom. The largest absolute Gasteiger partial charge is 0.351 e. The first kappa shape index (κ1) is 18.9. The van der Waals surface area contributed by atoms with Gasteiger partial charge in [0.25, 0.3) is 5.91 Å². The topological polar surface area (TPSA) is 82.3 Å². The van der Waals surface area contributed by atoms with Crippen LogP contribution in [0, 0.1) is 0 Å². The van der Waals surface area contributed by atoms with Gasteiger partial charge in [-0.15, -0.1) is 0 Å². The minimum absolute atomic E-state index is 0.0406. The first-order chi connectivity index (χ1) is 12.0. The van der Waals surface area contributed by atoms with Crippen molar-refractivity contribution in [1.29, 1.82) is 0 Å². The lowest BCUT2D eigenvalue weighted by atomic mass is 9.87. The zero-order valence-electron chi connectivity index (χ0n) is 15.8. The number of fused-ring (bicyclic) bond motifs is 1. The molecule has 2 N–H and O–H groups in total. The predicted octanol–water partition coefficient (Wildman–Crippen LogP) is 2.62. The molecule has 1 aliphatic heterocycles. The maximum absolute atomic E-state index is 12.6. The van der Waals surface area contributed by atoms with Crippen LogP contribution < -0.4 is 5.32 Å². The van der Waals surface area contributed by atoms with Crippen molar-refractivity contribution in [2.75, 3.05) is 19.3 Å². The third kappa shape index (κ3) is 4.10. The standard InChI is InChI=1S/C19H27N3O3S/c1-19(2,3)14-8-7-13-10-17(21-16(13)11-14)18(23)20-15-6-5-9-22(12-15)26(4,24)25/h7-8,10-11,15,21H,5-6,9,12H2,1-4H3,(H,20,23)/t15-/m1/s1. The highest BCUT2D eigenvalue weighted by molar-refractivity contribution is 7.88. The Kier molecular flexibility index (Phi) is 4.88. The lowest BCUT2D eigenvalue weighted by molar-refractivity contribution is 0.0917. The Hall–Kier alpha value is -1.86. The summed E-state index contributed by atoms with van der Waals surface area (Å²) in [6.45, 7) is 7.32. The first-order valence-corrected chi connectivity index (χ1v) is 10.8. The Labute approximate surface area is 155 Å². The second-order valence-electron chi connectivity index (χ2n) is 8.17. The van der Waals surface area contributed by atoms with E-state index in [1.807, 2.05) is 12.1 Å². The zero-order valence-corrected chi connectivity index (χ0v) is 16.6. The van der Waals surface area contributed by atoms with Gasteiger partial charge in [-0.25, -0.2) is 12.7 Å². The molecule has 0 aliphatic carbocycles. The molecule has 1 saturated heterocycles. The van der Waals surface area contributed by atoms with Crippen LogP contribution in [-0.2, 0) is 15.4 Å². The fraction of sp³-hybridized carbons (Fsp3) is 0.526. The molecule has 2 heterocycles. The number of aromatic amines is 1. The van der Waals surface area contributed by atoms with Crippen LogP contribution in [0.4, 0.5) is 0 Å². The van der Waals surface area contributed by atoms with E-state index >= 15 is 0 Å². The number of nitrogens with zero attached hydrogens (tertiary/aromatic N) is 1. The molecule has 2 aromatic rings. The van der Waals surface area contributed by atoms with Crippen LogP contribution in [-0.4, -0.2) is 49.0 Å². The van der Waals surface area contributed by atoms with Crippen molar-refractivity contribution < 1.29 is 13.2 Å². The van der Waals surface area contributed by atoms with E-state index in [0.717, 1.165) is 23.7 Å². The summed E-state index contributed by atoms with van der Waals surface area (Å²) in [5.74, 6) is -0.196. The quantitative estimate of drug-likeness (QED) is 0.863. The van der Waals surface area contributed by atoms with Crippen molar-refractivity contribution in [3.05, 3.63) is 35.5 Å². The normalized spacial score (nSPS) is 19.6. The third-order valence-electron chi connectivity index (χ3n) is 4.92. The summed E-state index contributed by atoms with van der Waals surface area (Å²) < 4.78 is 24.9. The number of carbonyl (C=O) groups is 1. The molecular weight excluding hydrogens is 350 g/mol. The van der Waals surface area contributed by atoms with Gasteiger partial charge in [0, 0.05) is 30.0 Å². The lowest BCUT2D eigenvalue weighted by Gasteiger charge is -2.31. The van der Waals surface area contributed by atoms with Gasteiger partial charge in [0.2, 0.25) is 10.0 Å². The summed E-state index contributed by atoms with van der Waals surface area (Å²) in [6.07, 6.45) is 2.74. The van der Waals surface area contributed by atoms with E-state index in [0.29, 0.717) is 18.8 Å². The molecule has 7 heteroatoms. The SMILES string of the molecule is CC(C)(C)c1ccc2cc(C(=O)N[C@@H]3CCCN(S(C)(=O)=O)C3)[nH]c2c1. The van der Waals surface area contributed by atoms with Crippen molar-refractivity contribution in [2.24, 2.45) is 0 Å². The van der Waals surface area contributed by atoms with Crippen LogP contribution in [0.2, 0.25) is 0 Å². The fourth-order valence-corrected chi connectivity index (χ4v) is 4.25. The van der Waals surface area contributed by atoms with E-state index in [4.69, 9.17) is 0 Å². The summed E-state index contributed by atoms with van der Waals surface area (Å²) in [7, 11) is -3.22. The van der Waals surface area contributed by atoms with Gasteiger partial charge in [-0.2, -0.15) is 0 Å². The van der Waals surface area contributed by atoms with Crippen molar-refractivity contribution in [2.45, 2.75) is 45.1 Å². The van der Waals surface area contributed by atoms with Gasteiger partial charge in [0.05, 0.1) is 6.26 Å². The average molecular weight is 378 g/mol. The molecule has 0 spiro atoms. The fourth-order valence-electron chi connectivity index (χ4n) is 3.34. The molecule has 26 heavy (non-hydrogen) atoms. The second kappa shape index (κ2) is 6.70. The summed E-state index contributed by atoms with van der Waals surface area (Å²) in [5, 5.41) is 3.96. The summed E-state index contributed by atoms with van der Waals surface area (Å²) in [5.41, 5.74) is 2.68. The van der Waals surface area contributed by atoms with Crippen LogP contribution in [0.5, 0.6) is 0 Å². The smallest absolute Gasteiger partial charge is 0.267 e. The van der Waals surface area contributed by atoms with Gasteiger partial charge < -0.3 is 10.3 Å². The maximum atomic E-state index is 12.6. The molecule has 1 atom stereocenters. The number of carbonyl (C=O) groups excluding carboxylic acids is 1. The molecule has 1 aromatic heterocycles. The van der Waals surface area contributed by atoms with Crippen molar-refractivity contribution >= 4 is 26.8 Å². The highest BCUT2D eigenvalue weighted by atomic mass is 32.2. The number of nitrogens with one attached hydrogen (secondary N) is 2. The number of amides is 1. The molecule has 1 amide bonds. The van der Waals surface area contributed by atoms with Gasteiger partial charge in [0.1, 0.15) is 5.69 Å². The summed E-state index contributed by atoms with van der Waals surface area (Å²) >= 11 is 0. The number of H-pyrrole nitrogens is 1. The van der Waals surface area contributed by atoms with Crippen LogP contribution in [0.3, 0.4) is 0 Å². The highest BCUT2D eigenvalue weighted by Gasteiger charge is 2.27. The monoisotopic (exact) mass is 377 g/mol. The summed E-state index contributed by atoms with van der Waals surface area (Å²) in [6, 6.07) is 7.87. The molecule has 3 rings (SSSR count). The molecule has 0 bridgehead atoms. The van der Waals surface area contributed by atoms with Gasteiger partial charge in [-0.1, -0.05) is 32.9 Å². The molecular formula is C19H27N3O3S. The van der Waals surface area contributed by atoms with E-state index < -0.39 is 10.0 Å². The third-order valence-corrected chi connectivity index (χ3v) is 6.19. The minimum atomic E-state index is -3.22. The second-order valence-corrected chi connectivity index (χ2v) is 10.2. The number of hydrogen-bond donors (Lipinski definition) is 2. The predicted molar refractivity (Wildman–Crippen MR) is 104 cm³/mol. The highest BCUT2D eigenvalue weighted by Crippen LogP contribution is 2.26. The number of sulfonamides is 1. The molecule has 0 saturated carbocycles. The van der Waals surface area contributed by atoms with E-state index in [2.05, 4.69) is 43.2 Å². The Bertz CT molecular complexity index is 925. The molecule has 0 unspecified atom stereocenters. The van der Waals surface area contributed by atoms with E-state index in [1.165, 1.54) is 16.1 Å². The van der Waals surface area contributed by atoms with Crippen LogP contribution >= 0.6 is 0 Å². The van der Waals surface area contributed by atoms with Crippen molar-refractivity contribution in [3.63, 3.8) is 0 Å². The van der Waals surface area contributed by atoms with Crippen molar-refractivity contribution in [3.8, 4) is 0 Å². The number of benzene rings is 1.